The number of nitrogens with zero attached hydrogens (tertiary/aromatic N) is 1. The lowest BCUT2D eigenvalue weighted by atomic mass is 9.84. The fourth-order valence-electron chi connectivity index (χ4n) is 4.02. The Morgan fingerprint density at radius 1 is 1.12 bits per heavy atom. The van der Waals surface area contributed by atoms with E-state index < -0.39 is 0 Å². The second kappa shape index (κ2) is 9.39. The Morgan fingerprint density at radius 2 is 1.85 bits per heavy atom. The zero-order valence-corrected chi connectivity index (χ0v) is 19.4. The van der Waals surface area contributed by atoms with Crippen LogP contribution in [-0.2, 0) is 10.2 Å². The second-order valence-corrected chi connectivity index (χ2v) is 9.46. The van der Waals surface area contributed by atoms with Crippen LogP contribution >= 0.6 is 11.6 Å². The third-order valence-electron chi connectivity index (χ3n) is 6.21. The van der Waals surface area contributed by atoms with Crippen molar-refractivity contribution < 1.29 is 24.2 Å². The number of ether oxygens (including phenoxy) is 2. The van der Waals surface area contributed by atoms with Crippen molar-refractivity contribution in [2.24, 2.45) is 5.92 Å². The average molecular weight is 474 g/mol. The molecule has 2 aliphatic heterocycles. The van der Waals surface area contributed by atoms with Gasteiger partial charge in [-0.05, 0) is 48.7 Å². The summed E-state index contributed by atoms with van der Waals surface area (Å²) in [7, 11) is 0. The Hall–Kier alpha value is -3.13. The Balaban J connectivity index is 1.27. The molecule has 3 N–H and O–H groups in total. The number of aromatic hydroxyl groups is 1. The molecule has 176 valence electrons. The summed E-state index contributed by atoms with van der Waals surface area (Å²) >= 11 is 5.94. The summed E-state index contributed by atoms with van der Waals surface area (Å²) < 4.78 is 10.8. The largest absolute Gasteiger partial charge is 0.506 e. The van der Waals surface area contributed by atoms with Gasteiger partial charge in [-0.3, -0.25) is 4.79 Å². The molecule has 33 heavy (non-hydrogen) atoms. The monoisotopic (exact) mass is 473 g/mol. The molecule has 0 unspecified atom stereocenters. The molecule has 1 saturated heterocycles. The second-order valence-electron chi connectivity index (χ2n) is 9.02. The Labute approximate surface area is 197 Å². The predicted molar refractivity (Wildman–Crippen MR) is 125 cm³/mol. The average Bonchev–Trinajstić information content (AvgIpc) is 3.28. The molecule has 0 radical (unpaired) electrons. The topological polar surface area (TPSA) is 100 Å². The molecule has 3 amide bonds. The molecule has 2 aromatic rings. The number of fused-ring (bicyclic) bond motifs is 1. The maximum Gasteiger partial charge on any atom is 0.317 e. The van der Waals surface area contributed by atoms with Crippen LogP contribution in [0.4, 0.5) is 10.5 Å². The van der Waals surface area contributed by atoms with Crippen molar-refractivity contribution in [1.82, 2.24) is 10.2 Å². The lowest BCUT2D eigenvalue weighted by Gasteiger charge is -2.33. The van der Waals surface area contributed by atoms with Crippen molar-refractivity contribution in [3.05, 3.63) is 47.0 Å². The molecule has 0 spiro atoms. The third kappa shape index (κ3) is 5.27. The molecule has 2 aliphatic rings. The predicted octanol–water partition coefficient (Wildman–Crippen LogP) is 4.11. The van der Waals surface area contributed by atoms with Crippen molar-refractivity contribution >= 4 is 29.2 Å². The van der Waals surface area contributed by atoms with Crippen molar-refractivity contribution in [3.8, 4) is 17.2 Å². The number of hydrogen-bond acceptors (Lipinski definition) is 5. The van der Waals surface area contributed by atoms with E-state index >= 15 is 0 Å². The number of nitrogens with one attached hydrogen (secondary N) is 2. The number of anilines is 1. The number of benzene rings is 2. The lowest BCUT2D eigenvalue weighted by Crippen LogP contribution is -2.48. The van der Waals surface area contributed by atoms with Gasteiger partial charge >= 0.3 is 6.03 Å². The molecule has 0 saturated carbocycles. The Bertz CT molecular complexity index is 1050. The minimum Gasteiger partial charge on any atom is -0.506 e. The van der Waals surface area contributed by atoms with Gasteiger partial charge in [0, 0.05) is 36.0 Å². The zero-order valence-electron chi connectivity index (χ0n) is 18.7. The molecule has 1 fully saturated rings. The normalized spacial score (nSPS) is 15.9. The molecule has 2 heterocycles. The molecule has 0 atom stereocenters. The number of amides is 3. The summed E-state index contributed by atoms with van der Waals surface area (Å²) in [4.78, 5) is 27.1. The van der Waals surface area contributed by atoms with E-state index in [1.54, 1.807) is 11.0 Å². The van der Waals surface area contributed by atoms with E-state index in [1.165, 1.54) is 12.1 Å². The number of rotatable bonds is 5. The van der Waals surface area contributed by atoms with Crippen LogP contribution in [0.25, 0.3) is 0 Å². The highest BCUT2D eigenvalue weighted by molar-refractivity contribution is 6.31. The summed E-state index contributed by atoms with van der Waals surface area (Å²) in [6, 6.07) is 10.2. The van der Waals surface area contributed by atoms with Gasteiger partial charge < -0.3 is 30.1 Å². The number of carbonyl (C=O) groups is 2. The minimum absolute atomic E-state index is 0.0327. The van der Waals surface area contributed by atoms with E-state index in [-0.39, 0.29) is 35.8 Å². The van der Waals surface area contributed by atoms with E-state index in [9.17, 15) is 14.7 Å². The summed E-state index contributed by atoms with van der Waals surface area (Å²) in [5.74, 6) is 0.998. The fourth-order valence-corrected chi connectivity index (χ4v) is 4.19. The smallest absolute Gasteiger partial charge is 0.317 e. The van der Waals surface area contributed by atoms with Gasteiger partial charge in [-0.1, -0.05) is 31.5 Å². The molecule has 4 rings (SSSR count). The molecule has 9 heteroatoms. The van der Waals surface area contributed by atoms with Crippen LogP contribution in [0.2, 0.25) is 5.02 Å². The molecule has 0 aromatic heterocycles. The highest BCUT2D eigenvalue weighted by Gasteiger charge is 2.30. The zero-order chi connectivity index (χ0) is 23.6. The Kier molecular flexibility index (Phi) is 6.56. The SMILES string of the molecule is CC(C)(CNC(=O)N1CCC(C(=O)Nc2cc(Cl)ccc2O)CC1)c1ccc2c(c1)OCO2. The molecular weight excluding hydrogens is 446 g/mol. The number of piperidine rings is 1. The number of hydrogen-bond donors (Lipinski definition) is 3. The van der Waals surface area contributed by atoms with Gasteiger partial charge in [-0.2, -0.15) is 0 Å². The molecule has 2 aromatic carbocycles. The van der Waals surface area contributed by atoms with Gasteiger partial charge in [0.1, 0.15) is 5.75 Å². The number of halogens is 1. The summed E-state index contributed by atoms with van der Waals surface area (Å²) in [5.41, 5.74) is 1.04. The molecule has 8 nitrogen and oxygen atoms in total. The summed E-state index contributed by atoms with van der Waals surface area (Å²) in [6.07, 6.45) is 1.10. The van der Waals surface area contributed by atoms with Gasteiger partial charge in [-0.15, -0.1) is 0 Å². The number of phenols is 1. The van der Waals surface area contributed by atoms with Crippen LogP contribution in [0.1, 0.15) is 32.3 Å². The van der Waals surface area contributed by atoms with Crippen LogP contribution in [0, 0.1) is 5.92 Å². The first-order valence-electron chi connectivity index (χ1n) is 11.0. The van der Waals surface area contributed by atoms with Crippen molar-refractivity contribution in [3.63, 3.8) is 0 Å². The number of urea groups is 1. The summed E-state index contributed by atoms with van der Waals surface area (Å²) in [6.45, 7) is 5.77. The van der Waals surface area contributed by atoms with Gasteiger partial charge in [0.25, 0.3) is 0 Å². The van der Waals surface area contributed by atoms with Gasteiger partial charge in [0.2, 0.25) is 12.7 Å². The first kappa shape index (κ1) is 23.0. The van der Waals surface area contributed by atoms with Crippen LogP contribution in [0.5, 0.6) is 17.2 Å². The molecule has 0 aliphatic carbocycles. The van der Waals surface area contributed by atoms with Crippen molar-refractivity contribution in [2.45, 2.75) is 32.1 Å². The lowest BCUT2D eigenvalue weighted by molar-refractivity contribution is -0.121. The van der Waals surface area contributed by atoms with Crippen LogP contribution < -0.4 is 20.1 Å². The maximum atomic E-state index is 12.7. The van der Waals surface area contributed by atoms with Crippen molar-refractivity contribution in [2.75, 3.05) is 31.7 Å². The first-order valence-corrected chi connectivity index (χ1v) is 11.3. The maximum absolute atomic E-state index is 12.7. The van der Waals surface area contributed by atoms with E-state index in [4.69, 9.17) is 21.1 Å². The van der Waals surface area contributed by atoms with Crippen molar-refractivity contribution in [1.29, 1.82) is 0 Å². The molecular formula is C24H28ClN3O5. The van der Waals surface area contributed by atoms with E-state index in [1.807, 2.05) is 18.2 Å². The van der Waals surface area contributed by atoms with Crippen LogP contribution in [0.15, 0.2) is 36.4 Å². The van der Waals surface area contributed by atoms with Gasteiger partial charge in [0.15, 0.2) is 11.5 Å². The number of likely N-dealkylation sites (tertiary alicyclic amines) is 1. The van der Waals surface area contributed by atoms with Gasteiger partial charge in [-0.25, -0.2) is 4.79 Å². The van der Waals surface area contributed by atoms with E-state index in [0.29, 0.717) is 43.2 Å². The Morgan fingerprint density at radius 3 is 2.61 bits per heavy atom. The van der Waals surface area contributed by atoms with Crippen LogP contribution in [-0.4, -0.2) is 48.4 Å². The quantitative estimate of drug-likeness (QED) is 0.567. The molecule has 0 bridgehead atoms. The minimum atomic E-state index is -0.298. The van der Waals surface area contributed by atoms with E-state index in [2.05, 4.69) is 24.5 Å². The van der Waals surface area contributed by atoms with E-state index in [0.717, 1.165) is 17.1 Å². The highest BCUT2D eigenvalue weighted by Crippen LogP contribution is 2.36. The first-order chi connectivity index (χ1) is 15.7. The third-order valence-corrected chi connectivity index (χ3v) is 6.44. The van der Waals surface area contributed by atoms with Crippen LogP contribution in [0.3, 0.4) is 0 Å². The fraction of sp³-hybridized carbons (Fsp3) is 0.417. The standard InChI is InChI=1S/C24H28ClN3O5/c1-24(2,16-3-6-20-21(11-16)33-14-32-20)13-26-23(31)28-9-7-15(8-10-28)22(30)27-18-12-17(25)4-5-19(18)29/h3-6,11-12,15,29H,7-10,13-14H2,1-2H3,(H,26,31)(H,27,30). The highest BCUT2D eigenvalue weighted by atomic mass is 35.5. The number of carbonyl (C=O) groups excluding carboxylic acids is 2. The van der Waals surface area contributed by atoms with Gasteiger partial charge in [0.05, 0.1) is 5.69 Å². The summed E-state index contributed by atoms with van der Waals surface area (Å²) in [5, 5.41) is 16.1. The number of phenolic OH excluding ortho intramolecular Hbond substituents is 1.